The van der Waals surface area contributed by atoms with Gasteiger partial charge in [0.25, 0.3) is 0 Å². The fourth-order valence-electron chi connectivity index (χ4n) is 5.34. The number of carbonyl (C=O) groups is 2. The Morgan fingerprint density at radius 3 is 2.52 bits per heavy atom. The van der Waals surface area contributed by atoms with Gasteiger partial charge in [-0.25, -0.2) is 9.50 Å². The summed E-state index contributed by atoms with van der Waals surface area (Å²) in [6, 6.07) is 8.14. The summed E-state index contributed by atoms with van der Waals surface area (Å²) in [5.74, 6) is 1.03. The highest BCUT2D eigenvalue weighted by Gasteiger charge is 2.34. The van der Waals surface area contributed by atoms with Crippen LogP contribution < -0.4 is 15.0 Å². The van der Waals surface area contributed by atoms with Crippen LogP contribution in [0.2, 0.25) is 0 Å². The lowest BCUT2D eigenvalue weighted by molar-refractivity contribution is -0.155. The number of fused-ring (bicyclic) bond motifs is 1. The Labute approximate surface area is 248 Å². The van der Waals surface area contributed by atoms with Crippen LogP contribution in [0.3, 0.4) is 0 Å². The van der Waals surface area contributed by atoms with Gasteiger partial charge in [0, 0.05) is 48.3 Å². The van der Waals surface area contributed by atoms with E-state index in [1.807, 2.05) is 59.0 Å². The third-order valence-electron chi connectivity index (χ3n) is 7.67. The van der Waals surface area contributed by atoms with Gasteiger partial charge >= 0.3 is 5.97 Å². The molecule has 0 radical (unpaired) electrons. The van der Waals surface area contributed by atoms with Gasteiger partial charge < -0.3 is 19.7 Å². The van der Waals surface area contributed by atoms with Crippen molar-refractivity contribution in [2.45, 2.75) is 84.8 Å². The van der Waals surface area contributed by atoms with Gasteiger partial charge in [0.05, 0.1) is 30.1 Å². The number of hydrogen-bond acceptors (Lipinski definition) is 8. The molecule has 4 rings (SSSR count). The topological polar surface area (TPSA) is 122 Å². The average Bonchev–Trinajstić information content (AvgIpc) is 3.36. The molecule has 1 atom stereocenters. The van der Waals surface area contributed by atoms with Gasteiger partial charge in [0.15, 0.2) is 0 Å². The number of nitrogens with one attached hydrogen (secondary N) is 1. The van der Waals surface area contributed by atoms with Crippen LogP contribution in [0, 0.1) is 17.2 Å². The number of rotatable bonds is 10. The van der Waals surface area contributed by atoms with Crippen molar-refractivity contribution in [1.82, 2.24) is 19.9 Å². The smallest absolute Gasteiger partial charge is 0.306 e. The van der Waals surface area contributed by atoms with Gasteiger partial charge in [-0.3, -0.25) is 9.59 Å². The van der Waals surface area contributed by atoms with Crippen molar-refractivity contribution < 1.29 is 19.1 Å². The highest BCUT2D eigenvalue weighted by molar-refractivity contribution is 5.85. The summed E-state index contributed by atoms with van der Waals surface area (Å²) in [7, 11) is 0. The van der Waals surface area contributed by atoms with Gasteiger partial charge in [-0.05, 0) is 78.5 Å². The molecule has 3 aromatic rings. The first-order valence-electron chi connectivity index (χ1n) is 14.7. The predicted octanol–water partition coefficient (Wildman–Crippen LogP) is 5.29. The minimum absolute atomic E-state index is 0.00306. The van der Waals surface area contributed by atoms with E-state index in [9.17, 15) is 14.9 Å². The standard InChI is InChI=1S/C32H42N6O4/c1-7-22(10-12-28(39)42-31(3,4)5)30(40)36-32(6)13-15-37(16-14-32)27-11-9-23(19-34-27)26-17-25(41-8-2)21-38-29(26)24(18-33)20-35-38/h9,11,17,19-22H,7-8,10,12-16H2,1-6H3,(H,36,40)/t22-/m1/s1. The summed E-state index contributed by atoms with van der Waals surface area (Å²) >= 11 is 0. The molecule has 1 aliphatic heterocycles. The maximum atomic E-state index is 13.1. The molecule has 0 aromatic carbocycles. The lowest BCUT2D eigenvalue weighted by atomic mass is 9.88. The summed E-state index contributed by atoms with van der Waals surface area (Å²) in [4.78, 5) is 32.3. The van der Waals surface area contributed by atoms with Gasteiger partial charge in [-0.2, -0.15) is 10.4 Å². The van der Waals surface area contributed by atoms with Crippen LogP contribution in [0.15, 0.2) is 36.8 Å². The number of aromatic nitrogens is 3. The van der Waals surface area contributed by atoms with Gasteiger partial charge in [0.1, 0.15) is 23.2 Å². The number of nitriles is 1. The zero-order valence-corrected chi connectivity index (χ0v) is 25.6. The molecule has 0 aliphatic carbocycles. The molecular formula is C32H42N6O4. The number of nitrogens with zero attached hydrogens (tertiary/aromatic N) is 5. The molecule has 10 heteroatoms. The Morgan fingerprint density at radius 1 is 1.19 bits per heavy atom. The molecule has 0 spiro atoms. The molecule has 0 saturated carbocycles. The van der Waals surface area contributed by atoms with E-state index in [4.69, 9.17) is 14.5 Å². The lowest BCUT2D eigenvalue weighted by Gasteiger charge is -2.41. The van der Waals surface area contributed by atoms with Crippen molar-refractivity contribution in [2.75, 3.05) is 24.6 Å². The third-order valence-corrected chi connectivity index (χ3v) is 7.67. The summed E-state index contributed by atoms with van der Waals surface area (Å²) in [6.07, 6.45) is 8.09. The highest BCUT2D eigenvalue weighted by atomic mass is 16.6. The first-order valence-corrected chi connectivity index (χ1v) is 14.7. The predicted molar refractivity (Wildman–Crippen MR) is 161 cm³/mol. The molecule has 1 saturated heterocycles. The summed E-state index contributed by atoms with van der Waals surface area (Å²) in [5.41, 5.74) is 2.06. The Balaban J connectivity index is 1.39. The fourth-order valence-corrected chi connectivity index (χ4v) is 5.34. The van der Waals surface area contributed by atoms with E-state index in [1.54, 1.807) is 16.9 Å². The van der Waals surface area contributed by atoms with Crippen LogP contribution in [-0.2, 0) is 14.3 Å². The normalized spacial score (nSPS) is 15.6. The first-order chi connectivity index (χ1) is 19.9. The van der Waals surface area contributed by atoms with E-state index >= 15 is 0 Å². The van der Waals surface area contributed by atoms with Crippen LogP contribution in [-0.4, -0.2) is 57.3 Å². The van der Waals surface area contributed by atoms with Crippen LogP contribution in [0.5, 0.6) is 5.75 Å². The molecule has 224 valence electrons. The lowest BCUT2D eigenvalue weighted by Crippen LogP contribution is -2.54. The SMILES string of the molecule is CCOc1cc(-c2ccc(N3CCC(C)(NC(=O)[C@H](CC)CCC(=O)OC(C)(C)C)CC3)nc2)c2c(C#N)cnn2c1. The van der Waals surface area contributed by atoms with E-state index in [0.717, 1.165) is 48.4 Å². The number of piperidine rings is 1. The van der Waals surface area contributed by atoms with Crippen molar-refractivity contribution in [2.24, 2.45) is 5.92 Å². The number of amides is 1. The molecule has 0 unspecified atom stereocenters. The molecular weight excluding hydrogens is 532 g/mol. The second-order valence-corrected chi connectivity index (χ2v) is 12.2. The Hall–Kier alpha value is -4.13. The molecule has 1 amide bonds. The Bertz CT molecular complexity index is 1440. The van der Waals surface area contributed by atoms with Crippen LogP contribution in [0.1, 0.15) is 79.2 Å². The van der Waals surface area contributed by atoms with E-state index in [0.29, 0.717) is 30.8 Å². The van der Waals surface area contributed by atoms with Gasteiger partial charge in [-0.15, -0.1) is 0 Å². The van der Waals surface area contributed by atoms with Crippen molar-refractivity contribution in [3.05, 3.63) is 42.4 Å². The zero-order valence-electron chi connectivity index (χ0n) is 25.6. The largest absolute Gasteiger partial charge is 0.492 e. The summed E-state index contributed by atoms with van der Waals surface area (Å²) in [5, 5.41) is 17.2. The monoisotopic (exact) mass is 574 g/mol. The van der Waals surface area contributed by atoms with Crippen molar-refractivity contribution in [1.29, 1.82) is 5.26 Å². The Kier molecular flexibility index (Phi) is 9.40. The summed E-state index contributed by atoms with van der Waals surface area (Å²) in [6.45, 7) is 13.6. The molecule has 4 heterocycles. The third kappa shape index (κ3) is 7.38. The van der Waals surface area contributed by atoms with E-state index < -0.39 is 5.60 Å². The van der Waals surface area contributed by atoms with Crippen molar-refractivity contribution >= 4 is 23.2 Å². The minimum Gasteiger partial charge on any atom is -0.492 e. The maximum Gasteiger partial charge on any atom is 0.306 e. The molecule has 10 nitrogen and oxygen atoms in total. The number of pyridine rings is 2. The van der Waals surface area contributed by atoms with Gasteiger partial charge in [0.2, 0.25) is 5.91 Å². The molecule has 42 heavy (non-hydrogen) atoms. The molecule has 3 aromatic heterocycles. The van der Waals surface area contributed by atoms with Crippen molar-refractivity contribution in [3.8, 4) is 22.9 Å². The Morgan fingerprint density at radius 2 is 1.93 bits per heavy atom. The van der Waals surface area contributed by atoms with E-state index in [-0.39, 0.29) is 29.8 Å². The highest BCUT2D eigenvalue weighted by Crippen LogP contribution is 2.32. The second kappa shape index (κ2) is 12.8. The van der Waals surface area contributed by atoms with Gasteiger partial charge in [-0.1, -0.05) is 6.92 Å². The number of esters is 1. The molecule has 1 aliphatic rings. The van der Waals surface area contributed by atoms with E-state index in [1.165, 1.54) is 0 Å². The molecule has 1 fully saturated rings. The fraction of sp³-hybridized carbons (Fsp3) is 0.531. The number of carbonyl (C=O) groups excluding carboxylic acids is 2. The van der Waals surface area contributed by atoms with Crippen LogP contribution in [0.4, 0.5) is 5.82 Å². The second-order valence-electron chi connectivity index (χ2n) is 12.2. The zero-order chi connectivity index (χ0) is 30.5. The number of hydrogen-bond donors (Lipinski definition) is 1. The molecule has 1 N–H and O–H groups in total. The average molecular weight is 575 g/mol. The quantitative estimate of drug-likeness (QED) is 0.324. The number of ether oxygens (including phenoxy) is 2. The van der Waals surface area contributed by atoms with Crippen LogP contribution >= 0.6 is 0 Å². The maximum absolute atomic E-state index is 13.1. The first kappa shape index (κ1) is 30.8. The summed E-state index contributed by atoms with van der Waals surface area (Å²) < 4.78 is 12.8. The van der Waals surface area contributed by atoms with Crippen molar-refractivity contribution in [3.63, 3.8) is 0 Å². The molecule has 0 bridgehead atoms. The minimum atomic E-state index is -0.528. The number of anilines is 1. The van der Waals surface area contributed by atoms with E-state index in [2.05, 4.69) is 28.3 Å². The van der Waals surface area contributed by atoms with Crippen LogP contribution in [0.25, 0.3) is 16.6 Å².